The molecule has 5 heteroatoms. The molecule has 0 bridgehead atoms. The van der Waals surface area contributed by atoms with Crippen LogP contribution in [-0.4, -0.2) is 26.3 Å². The van der Waals surface area contributed by atoms with Crippen molar-refractivity contribution in [3.8, 4) is 28.5 Å². The number of hydrogen-bond acceptors (Lipinski definition) is 5. The van der Waals surface area contributed by atoms with Gasteiger partial charge in [0.05, 0.1) is 32.0 Å². The first kappa shape index (κ1) is 16.3. The highest BCUT2D eigenvalue weighted by Crippen LogP contribution is 2.30. The zero-order valence-electron chi connectivity index (χ0n) is 13.9. The summed E-state index contributed by atoms with van der Waals surface area (Å²) in [7, 11) is 4.95. The molecule has 3 aromatic rings. The van der Waals surface area contributed by atoms with Crippen LogP contribution in [0.3, 0.4) is 0 Å². The fourth-order valence-corrected chi connectivity index (χ4v) is 3.31. The largest absolute Gasteiger partial charge is 0.497 e. The van der Waals surface area contributed by atoms with Crippen molar-refractivity contribution in [2.75, 3.05) is 21.3 Å². The van der Waals surface area contributed by atoms with Crippen LogP contribution in [0.5, 0.6) is 17.2 Å². The molecule has 0 aliphatic heterocycles. The van der Waals surface area contributed by atoms with Crippen molar-refractivity contribution in [2.45, 2.75) is 6.42 Å². The zero-order chi connectivity index (χ0) is 16.9. The van der Waals surface area contributed by atoms with Crippen LogP contribution in [0.15, 0.2) is 47.8 Å². The summed E-state index contributed by atoms with van der Waals surface area (Å²) in [5, 5.41) is 3.13. The van der Waals surface area contributed by atoms with Gasteiger partial charge in [-0.05, 0) is 29.8 Å². The number of thiazole rings is 1. The molecule has 124 valence electrons. The highest BCUT2D eigenvalue weighted by molar-refractivity contribution is 7.10. The van der Waals surface area contributed by atoms with E-state index in [1.165, 1.54) is 0 Å². The van der Waals surface area contributed by atoms with Gasteiger partial charge in [-0.1, -0.05) is 18.2 Å². The molecule has 0 atom stereocenters. The van der Waals surface area contributed by atoms with Crippen LogP contribution in [0.4, 0.5) is 0 Å². The Hall–Kier alpha value is -2.53. The van der Waals surface area contributed by atoms with Gasteiger partial charge < -0.3 is 14.2 Å². The third-order valence-corrected chi connectivity index (χ3v) is 4.57. The molecule has 0 saturated carbocycles. The maximum absolute atomic E-state index is 5.36. The molecule has 0 amide bonds. The molecule has 0 N–H and O–H groups in total. The molecule has 0 spiro atoms. The second-order valence-corrected chi connectivity index (χ2v) is 6.17. The van der Waals surface area contributed by atoms with E-state index in [1.807, 2.05) is 42.5 Å². The molecular weight excluding hydrogens is 322 g/mol. The summed E-state index contributed by atoms with van der Waals surface area (Å²) in [6.07, 6.45) is 0.759. The van der Waals surface area contributed by atoms with Crippen LogP contribution >= 0.6 is 11.3 Å². The summed E-state index contributed by atoms with van der Waals surface area (Å²) >= 11 is 1.65. The number of nitrogens with zero attached hydrogens (tertiary/aromatic N) is 1. The van der Waals surface area contributed by atoms with Crippen molar-refractivity contribution in [3.63, 3.8) is 0 Å². The van der Waals surface area contributed by atoms with Gasteiger partial charge in [-0.15, -0.1) is 11.3 Å². The first-order valence-electron chi connectivity index (χ1n) is 7.53. The quantitative estimate of drug-likeness (QED) is 0.665. The van der Waals surface area contributed by atoms with Crippen molar-refractivity contribution in [2.24, 2.45) is 0 Å². The fourth-order valence-electron chi connectivity index (χ4n) is 2.47. The molecule has 24 heavy (non-hydrogen) atoms. The van der Waals surface area contributed by atoms with Gasteiger partial charge in [-0.25, -0.2) is 4.98 Å². The molecule has 0 fully saturated rings. The van der Waals surface area contributed by atoms with Crippen LogP contribution in [0.2, 0.25) is 0 Å². The van der Waals surface area contributed by atoms with Crippen molar-refractivity contribution in [1.82, 2.24) is 4.98 Å². The van der Waals surface area contributed by atoms with Crippen LogP contribution < -0.4 is 14.2 Å². The summed E-state index contributed by atoms with van der Waals surface area (Å²) in [5.74, 6) is 2.30. The average Bonchev–Trinajstić information content (AvgIpc) is 3.10. The Morgan fingerprint density at radius 3 is 2.50 bits per heavy atom. The molecule has 0 unspecified atom stereocenters. The average molecular weight is 341 g/mol. The first-order chi connectivity index (χ1) is 11.7. The van der Waals surface area contributed by atoms with Gasteiger partial charge in [0.15, 0.2) is 11.5 Å². The topological polar surface area (TPSA) is 40.6 Å². The Labute approximate surface area is 145 Å². The number of methoxy groups -OCH3 is 3. The maximum Gasteiger partial charge on any atom is 0.160 e. The number of ether oxygens (including phenoxy) is 3. The van der Waals surface area contributed by atoms with Gasteiger partial charge in [-0.2, -0.15) is 0 Å². The fraction of sp³-hybridized carbons (Fsp3) is 0.211. The first-order valence-corrected chi connectivity index (χ1v) is 8.41. The second kappa shape index (κ2) is 7.36. The van der Waals surface area contributed by atoms with E-state index in [1.54, 1.807) is 32.7 Å². The van der Waals surface area contributed by atoms with E-state index in [-0.39, 0.29) is 0 Å². The minimum atomic E-state index is 0.734. The third-order valence-electron chi connectivity index (χ3n) is 3.72. The number of benzene rings is 2. The van der Waals surface area contributed by atoms with Crippen molar-refractivity contribution in [3.05, 3.63) is 58.4 Å². The normalized spacial score (nSPS) is 10.5. The summed E-state index contributed by atoms with van der Waals surface area (Å²) in [6, 6.07) is 13.9. The van der Waals surface area contributed by atoms with Crippen molar-refractivity contribution in [1.29, 1.82) is 0 Å². The van der Waals surface area contributed by atoms with E-state index >= 15 is 0 Å². The molecule has 0 aliphatic rings. The van der Waals surface area contributed by atoms with Gasteiger partial charge in [-0.3, -0.25) is 0 Å². The highest BCUT2D eigenvalue weighted by atomic mass is 32.1. The van der Waals surface area contributed by atoms with E-state index in [0.29, 0.717) is 0 Å². The van der Waals surface area contributed by atoms with E-state index in [4.69, 9.17) is 19.2 Å². The molecule has 2 aromatic carbocycles. The van der Waals surface area contributed by atoms with E-state index < -0.39 is 0 Å². The number of rotatable bonds is 6. The summed E-state index contributed by atoms with van der Waals surface area (Å²) in [4.78, 5) is 4.74. The molecule has 3 rings (SSSR count). The van der Waals surface area contributed by atoms with Gasteiger partial charge in [0.1, 0.15) is 5.75 Å². The highest BCUT2D eigenvalue weighted by Gasteiger charge is 2.09. The predicted octanol–water partition coefficient (Wildman–Crippen LogP) is 4.43. The van der Waals surface area contributed by atoms with Crippen LogP contribution in [0.25, 0.3) is 11.3 Å². The Kier molecular flexibility index (Phi) is 5.01. The number of hydrogen-bond donors (Lipinski definition) is 0. The predicted molar refractivity (Wildman–Crippen MR) is 96.5 cm³/mol. The Morgan fingerprint density at radius 2 is 1.75 bits per heavy atom. The summed E-state index contributed by atoms with van der Waals surface area (Å²) < 4.78 is 15.9. The molecule has 0 aliphatic carbocycles. The Morgan fingerprint density at radius 1 is 0.917 bits per heavy atom. The zero-order valence-corrected chi connectivity index (χ0v) is 14.7. The van der Waals surface area contributed by atoms with E-state index in [0.717, 1.165) is 45.5 Å². The van der Waals surface area contributed by atoms with Crippen LogP contribution in [0.1, 0.15) is 10.6 Å². The maximum atomic E-state index is 5.36. The van der Waals surface area contributed by atoms with Crippen molar-refractivity contribution >= 4 is 11.3 Å². The monoisotopic (exact) mass is 341 g/mol. The standard InChI is InChI=1S/C19H19NO3S/c1-21-15-6-4-5-14(11-15)16-12-24-19(20-16)10-13-7-8-17(22-2)18(9-13)23-3/h4-9,11-12H,10H2,1-3H3. The SMILES string of the molecule is COc1cccc(-c2csc(Cc3ccc(OC)c(OC)c3)n2)c1. The molecule has 0 saturated heterocycles. The minimum absolute atomic E-state index is 0.734. The molecule has 0 radical (unpaired) electrons. The summed E-state index contributed by atoms with van der Waals surface area (Å²) in [5.41, 5.74) is 3.16. The van der Waals surface area contributed by atoms with Gasteiger partial charge in [0, 0.05) is 17.4 Å². The number of aromatic nitrogens is 1. The van der Waals surface area contributed by atoms with Crippen LogP contribution in [-0.2, 0) is 6.42 Å². The van der Waals surface area contributed by atoms with E-state index in [2.05, 4.69) is 5.38 Å². The Bertz CT molecular complexity index is 829. The lowest BCUT2D eigenvalue weighted by atomic mass is 10.1. The van der Waals surface area contributed by atoms with Crippen molar-refractivity contribution < 1.29 is 14.2 Å². The molecule has 4 nitrogen and oxygen atoms in total. The third kappa shape index (κ3) is 3.51. The Balaban J connectivity index is 1.81. The summed E-state index contributed by atoms with van der Waals surface area (Å²) in [6.45, 7) is 0. The minimum Gasteiger partial charge on any atom is -0.497 e. The van der Waals surface area contributed by atoms with E-state index in [9.17, 15) is 0 Å². The lowest BCUT2D eigenvalue weighted by Gasteiger charge is -2.08. The van der Waals surface area contributed by atoms with Crippen LogP contribution in [0, 0.1) is 0 Å². The van der Waals surface area contributed by atoms with Gasteiger partial charge >= 0.3 is 0 Å². The molecule has 1 heterocycles. The molecule has 1 aromatic heterocycles. The van der Waals surface area contributed by atoms with Gasteiger partial charge in [0.25, 0.3) is 0 Å². The lowest BCUT2D eigenvalue weighted by molar-refractivity contribution is 0.354. The van der Waals surface area contributed by atoms with Gasteiger partial charge in [0.2, 0.25) is 0 Å². The smallest absolute Gasteiger partial charge is 0.160 e. The lowest BCUT2D eigenvalue weighted by Crippen LogP contribution is -1.93. The molecular formula is C19H19NO3S. The second-order valence-electron chi connectivity index (χ2n) is 5.22.